The average Bonchev–Trinajstić information content (AvgIpc) is 2.54. The topological polar surface area (TPSA) is 43.4 Å². The van der Waals surface area contributed by atoms with Crippen molar-refractivity contribution in [3.63, 3.8) is 0 Å². The molecular formula is C17H28N2O2. The van der Waals surface area contributed by atoms with E-state index in [0.29, 0.717) is 6.04 Å². The zero-order valence-electron chi connectivity index (χ0n) is 13.5. The summed E-state index contributed by atoms with van der Waals surface area (Å²) < 4.78 is 10.7. The van der Waals surface area contributed by atoms with Crippen molar-refractivity contribution in [2.75, 3.05) is 14.2 Å². The van der Waals surface area contributed by atoms with Crippen LogP contribution in [0.2, 0.25) is 0 Å². The molecule has 0 atom stereocenters. The summed E-state index contributed by atoms with van der Waals surface area (Å²) in [6.07, 6.45) is 9.73. The highest BCUT2D eigenvalue weighted by atomic mass is 16.5. The Morgan fingerprint density at radius 3 is 2.57 bits per heavy atom. The first-order valence-corrected chi connectivity index (χ1v) is 8.07. The summed E-state index contributed by atoms with van der Waals surface area (Å²) in [7, 11) is 3.32. The smallest absolute Gasteiger partial charge is 0.183 e. The Hall–Kier alpha value is -1.29. The second-order valence-electron chi connectivity index (χ2n) is 5.88. The molecule has 1 N–H and O–H groups in total. The number of pyridine rings is 1. The van der Waals surface area contributed by atoms with Crippen LogP contribution in [-0.4, -0.2) is 25.2 Å². The number of hydrogen-bond acceptors (Lipinski definition) is 4. The van der Waals surface area contributed by atoms with E-state index in [1.54, 1.807) is 20.4 Å². The van der Waals surface area contributed by atoms with Crippen LogP contribution in [0.3, 0.4) is 0 Å². The first kappa shape index (κ1) is 16.1. The van der Waals surface area contributed by atoms with Gasteiger partial charge in [0.1, 0.15) is 0 Å². The lowest BCUT2D eigenvalue weighted by Crippen LogP contribution is -2.33. The molecular weight excluding hydrogens is 264 g/mol. The monoisotopic (exact) mass is 292 g/mol. The zero-order chi connectivity index (χ0) is 15.1. The SMILES string of the molecule is CCCC1CCC(NCc2nccc(OC)c2OC)CC1. The van der Waals surface area contributed by atoms with E-state index in [1.807, 2.05) is 6.07 Å². The van der Waals surface area contributed by atoms with E-state index in [2.05, 4.69) is 17.2 Å². The Labute approximate surface area is 128 Å². The lowest BCUT2D eigenvalue weighted by Gasteiger charge is -2.29. The fourth-order valence-corrected chi connectivity index (χ4v) is 3.28. The van der Waals surface area contributed by atoms with E-state index in [0.717, 1.165) is 29.7 Å². The first-order valence-electron chi connectivity index (χ1n) is 8.07. The van der Waals surface area contributed by atoms with Gasteiger partial charge in [-0.1, -0.05) is 19.8 Å². The highest BCUT2D eigenvalue weighted by Gasteiger charge is 2.21. The molecule has 0 bridgehead atoms. The van der Waals surface area contributed by atoms with Crippen molar-refractivity contribution in [1.82, 2.24) is 10.3 Å². The quantitative estimate of drug-likeness (QED) is 0.834. The van der Waals surface area contributed by atoms with Crippen LogP contribution in [0.1, 0.15) is 51.1 Å². The molecule has 1 aromatic rings. The van der Waals surface area contributed by atoms with Crippen LogP contribution in [0.4, 0.5) is 0 Å². The molecule has 0 aromatic carbocycles. The number of hydrogen-bond donors (Lipinski definition) is 1. The van der Waals surface area contributed by atoms with Gasteiger partial charge in [0.2, 0.25) is 0 Å². The molecule has 118 valence electrons. The van der Waals surface area contributed by atoms with Gasteiger partial charge in [0.15, 0.2) is 11.5 Å². The molecule has 1 aromatic heterocycles. The molecule has 1 saturated carbocycles. The predicted molar refractivity (Wildman–Crippen MR) is 84.8 cm³/mol. The number of nitrogens with zero attached hydrogens (tertiary/aromatic N) is 1. The second-order valence-corrected chi connectivity index (χ2v) is 5.88. The maximum absolute atomic E-state index is 5.43. The van der Waals surface area contributed by atoms with Gasteiger partial charge in [-0.15, -0.1) is 0 Å². The molecule has 0 amide bonds. The molecule has 1 aliphatic rings. The van der Waals surface area contributed by atoms with Crippen LogP contribution in [0, 0.1) is 5.92 Å². The Bertz CT molecular complexity index is 429. The molecule has 2 rings (SSSR count). The molecule has 4 nitrogen and oxygen atoms in total. The molecule has 0 spiro atoms. The van der Waals surface area contributed by atoms with Gasteiger partial charge in [0.25, 0.3) is 0 Å². The highest BCUT2D eigenvalue weighted by Crippen LogP contribution is 2.30. The standard InChI is InChI=1S/C17H28N2O2/c1-4-5-13-6-8-14(9-7-13)19-12-15-17(21-3)16(20-2)10-11-18-15/h10-11,13-14,19H,4-9,12H2,1-3H3. The Morgan fingerprint density at radius 2 is 1.95 bits per heavy atom. The molecule has 1 aliphatic carbocycles. The fourth-order valence-electron chi connectivity index (χ4n) is 3.28. The molecule has 0 aliphatic heterocycles. The van der Waals surface area contributed by atoms with Gasteiger partial charge in [-0.3, -0.25) is 4.98 Å². The van der Waals surface area contributed by atoms with Gasteiger partial charge >= 0.3 is 0 Å². The van der Waals surface area contributed by atoms with Crippen LogP contribution >= 0.6 is 0 Å². The molecule has 0 radical (unpaired) electrons. The summed E-state index contributed by atoms with van der Waals surface area (Å²) in [5.74, 6) is 2.43. The number of nitrogens with one attached hydrogen (secondary N) is 1. The van der Waals surface area contributed by atoms with Crippen LogP contribution in [-0.2, 0) is 6.54 Å². The summed E-state index contributed by atoms with van der Waals surface area (Å²) in [5.41, 5.74) is 0.924. The van der Waals surface area contributed by atoms with Gasteiger partial charge in [0.05, 0.1) is 19.9 Å². The maximum atomic E-state index is 5.43. The lowest BCUT2D eigenvalue weighted by molar-refractivity contribution is 0.275. The third-order valence-corrected chi connectivity index (χ3v) is 4.47. The molecule has 0 saturated heterocycles. The van der Waals surface area contributed by atoms with E-state index >= 15 is 0 Å². The molecule has 0 unspecified atom stereocenters. The van der Waals surface area contributed by atoms with E-state index in [9.17, 15) is 0 Å². The van der Waals surface area contributed by atoms with E-state index < -0.39 is 0 Å². The lowest BCUT2D eigenvalue weighted by atomic mass is 9.83. The largest absolute Gasteiger partial charge is 0.493 e. The van der Waals surface area contributed by atoms with Crippen molar-refractivity contribution in [1.29, 1.82) is 0 Å². The Balaban J connectivity index is 1.86. The minimum absolute atomic E-state index is 0.607. The minimum Gasteiger partial charge on any atom is -0.493 e. The average molecular weight is 292 g/mol. The van der Waals surface area contributed by atoms with Crippen LogP contribution in [0.15, 0.2) is 12.3 Å². The van der Waals surface area contributed by atoms with Gasteiger partial charge in [-0.05, 0) is 31.6 Å². The van der Waals surface area contributed by atoms with Gasteiger partial charge in [-0.2, -0.15) is 0 Å². The van der Waals surface area contributed by atoms with Crippen molar-refractivity contribution in [2.45, 2.75) is 58.0 Å². The number of ether oxygens (including phenoxy) is 2. The summed E-state index contributed by atoms with van der Waals surface area (Å²) in [4.78, 5) is 4.42. The minimum atomic E-state index is 0.607. The van der Waals surface area contributed by atoms with Crippen LogP contribution in [0.25, 0.3) is 0 Å². The van der Waals surface area contributed by atoms with Crippen molar-refractivity contribution < 1.29 is 9.47 Å². The number of aromatic nitrogens is 1. The molecule has 21 heavy (non-hydrogen) atoms. The molecule has 1 heterocycles. The van der Waals surface area contributed by atoms with Crippen LogP contribution in [0.5, 0.6) is 11.5 Å². The zero-order valence-corrected chi connectivity index (χ0v) is 13.5. The van der Waals surface area contributed by atoms with E-state index in [1.165, 1.54) is 38.5 Å². The van der Waals surface area contributed by atoms with Crippen molar-refractivity contribution >= 4 is 0 Å². The molecule has 4 heteroatoms. The van der Waals surface area contributed by atoms with Gasteiger partial charge < -0.3 is 14.8 Å². The predicted octanol–water partition coefficient (Wildman–Crippen LogP) is 3.55. The number of methoxy groups -OCH3 is 2. The van der Waals surface area contributed by atoms with Crippen molar-refractivity contribution in [2.24, 2.45) is 5.92 Å². The van der Waals surface area contributed by atoms with E-state index in [-0.39, 0.29) is 0 Å². The Morgan fingerprint density at radius 1 is 1.19 bits per heavy atom. The summed E-state index contributed by atoms with van der Waals surface area (Å²) in [6.45, 7) is 3.02. The van der Waals surface area contributed by atoms with Crippen molar-refractivity contribution in [3.8, 4) is 11.5 Å². The van der Waals surface area contributed by atoms with Gasteiger partial charge in [0, 0.05) is 24.8 Å². The van der Waals surface area contributed by atoms with E-state index in [4.69, 9.17) is 9.47 Å². The molecule has 1 fully saturated rings. The second kappa shape index (κ2) is 8.23. The first-order chi connectivity index (χ1) is 10.3. The van der Waals surface area contributed by atoms with Crippen molar-refractivity contribution in [3.05, 3.63) is 18.0 Å². The maximum Gasteiger partial charge on any atom is 0.183 e. The van der Waals surface area contributed by atoms with Gasteiger partial charge in [-0.25, -0.2) is 0 Å². The highest BCUT2D eigenvalue weighted by molar-refractivity contribution is 5.42. The third-order valence-electron chi connectivity index (χ3n) is 4.47. The number of rotatable bonds is 7. The summed E-state index contributed by atoms with van der Waals surface area (Å²) in [5, 5.41) is 3.63. The normalized spacial score (nSPS) is 22.0. The summed E-state index contributed by atoms with van der Waals surface area (Å²) >= 11 is 0. The third kappa shape index (κ3) is 4.34. The summed E-state index contributed by atoms with van der Waals surface area (Å²) in [6, 6.07) is 2.44. The Kier molecular flexibility index (Phi) is 6.30. The van der Waals surface area contributed by atoms with Crippen LogP contribution < -0.4 is 14.8 Å². The fraction of sp³-hybridized carbons (Fsp3) is 0.706.